The number of nitrogens with zero attached hydrogens (tertiary/aromatic N) is 3. The summed E-state index contributed by atoms with van der Waals surface area (Å²) in [6.45, 7) is 1.32. The second-order valence-electron chi connectivity index (χ2n) is 6.29. The number of anilines is 1. The normalized spacial score (nSPS) is 11.0. The monoisotopic (exact) mass is 352 g/mol. The minimum Gasteiger partial charge on any atom is -0.493 e. The highest BCUT2D eigenvalue weighted by atomic mass is 16.5. The predicted octanol–water partition coefficient (Wildman–Crippen LogP) is 3.32. The minimum absolute atomic E-state index is 0.628. The first kappa shape index (κ1) is 17.9. The molecular weight excluding hydrogens is 328 g/mol. The molecule has 3 rings (SSSR count). The second kappa shape index (κ2) is 8.01. The van der Waals surface area contributed by atoms with Crippen LogP contribution in [0.15, 0.2) is 42.5 Å². The molecule has 1 N–H and O–H groups in total. The third kappa shape index (κ3) is 4.03. The van der Waals surface area contributed by atoms with Crippen molar-refractivity contribution in [3.63, 3.8) is 0 Å². The number of para-hydroxylation sites is 1. The molecule has 0 aliphatic rings. The van der Waals surface area contributed by atoms with Gasteiger partial charge in [0.1, 0.15) is 11.6 Å². The molecule has 1 heterocycles. The van der Waals surface area contributed by atoms with Crippen molar-refractivity contribution in [3.8, 4) is 11.5 Å². The van der Waals surface area contributed by atoms with E-state index >= 15 is 0 Å². The highest BCUT2D eigenvalue weighted by Gasteiger charge is 2.09. The number of fused-ring (bicyclic) bond motifs is 1. The topological polar surface area (TPSA) is 59.5 Å². The first-order valence-electron chi connectivity index (χ1n) is 8.46. The molecule has 6 heteroatoms. The first-order valence-corrected chi connectivity index (χ1v) is 8.46. The van der Waals surface area contributed by atoms with E-state index in [1.165, 1.54) is 0 Å². The number of hydrogen-bond acceptors (Lipinski definition) is 6. The summed E-state index contributed by atoms with van der Waals surface area (Å²) in [6.07, 6.45) is 0. The van der Waals surface area contributed by atoms with Gasteiger partial charge < -0.3 is 19.7 Å². The van der Waals surface area contributed by atoms with E-state index in [0.717, 1.165) is 33.9 Å². The van der Waals surface area contributed by atoms with Crippen LogP contribution in [0.1, 0.15) is 11.4 Å². The van der Waals surface area contributed by atoms with E-state index < -0.39 is 0 Å². The van der Waals surface area contributed by atoms with Gasteiger partial charge >= 0.3 is 0 Å². The number of nitrogens with one attached hydrogen (secondary N) is 1. The van der Waals surface area contributed by atoms with Gasteiger partial charge in [0.2, 0.25) is 0 Å². The van der Waals surface area contributed by atoms with Gasteiger partial charge in [-0.2, -0.15) is 0 Å². The van der Waals surface area contributed by atoms with Crippen LogP contribution in [0.4, 0.5) is 5.82 Å². The maximum atomic E-state index is 5.38. The molecule has 3 aromatic rings. The van der Waals surface area contributed by atoms with Crippen molar-refractivity contribution in [1.29, 1.82) is 0 Å². The Hall–Kier alpha value is -2.86. The fourth-order valence-electron chi connectivity index (χ4n) is 2.79. The lowest BCUT2D eigenvalue weighted by Crippen LogP contribution is -2.14. The van der Waals surface area contributed by atoms with Crippen molar-refractivity contribution in [2.75, 3.05) is 33.6 Å². The number of benzene rings is 2. The standard InChI is InChI=1S/C20H24N4O2/c1-24(2)13-19-22-16-8-6-5-7-15(16)20(23-19)21-12-14-9-10-17(25-3)18(11-14)26-4/h5-11H,12-13H2,1-4H3,(H,21,22,23). The van der Waals surface area contributed by atoms with E-state index in [1.807, 2.05) is 56.6 Å². The fourth-order valence-corrected chi connectivity index (χ4v) is 2.79. The maximum absolute atomic E-state index is 5.38. The van der Waals surface area contributed by atoms with Crippen molar-refractivity contribution in [2.45, 2.75) is 13.1 Å². The largest absolute Gasteiger partial charge is 0.493 e. The number of methoxy groups -OCH3 is 2. The van der Waals surface area contributed by atoms with Crippen LogP contribution in [0.2, 0.25) is 0 Å². The summed E-state index contributed by atoms with van der Waals surface area (Å²) in [7, 11) is 7.29. The van der Waals surface area contributed by atoms with Gasteiger partial charge in [0, 0.05) is 11.9 Å². The van der Waals surface area contributed by atoms with Gasteiger partial charge in [0.15, 0.2) is 11.5 Å². The Labute approximate surface area is 153 Å². The Morgan fingerprint density at radius 3 is 2.46 bits per heavy atom. The zero-order chi connectivity index (χ0) is 18.5. The van der Waals surface area contributed by atoms with Crippen LogP contribution in [0, 0.1) is 0 Å². The van der Waals surface area contributed by atoms with Gasteiger partial charge in [-0.15, -0.1) is 0 Å². The molecule has 6 nitrogen and oxygen atoms in total. The molecule has 0 spiro atoms. The molecule has 0 unspecified atom stereocenters. The molecule has 136 valence electrons. The average molecular weight is 352 g/mol. The summed E-state index contributed by atoms with van der Waals surface area (Å²) >= 11 is 0. The van der Waals surface area contributed by atoms with Crippen LogP contribution in [-0.4, -0.2) is 43.2 Å². The second-order valence-corrected chi connectivity index (χ2v) is 6.29. The summed E-state index contributed by atoms with van der Waals surface area (Å²) in [5.74, 6) is 3.07. The van der Waals surface area contributed by atoms with E-state index in [2.05, 4.69) is 15.2 Å². The third-order valence-electron chi connectivity index (χ3n) is 4.02. The lowest BCUT2D eigenvalue weighted by atomic mass is 10.2. The molecule has 0 saturated heterocycles. The number of rotatable bonds is 7. The molecule has 0 aliphatic carbocycles. The van der Waals surface area contributed by atoms with Crippen molar-refractivity contribution in [3.05, 3.63) is 53.9 Å². The van der Waals surface area contributed by atoms with Crippen LogP contribution in [0.25, 0.3) is 10.9 Å². The molecule has 26 heavy (non-hydrogen) atoms. The summed E-state index contributed by atoms with van der Waals surface area (Å²) in [4.78, 5) is 11.4. The average Bonchev–Trinajstić information content (AvgIpc) is 2.65. The molecule has 0 aliphatic heterocycles. The molecule has 0 saturated carbocycles. The summed E-state index contributed by atoms with van der Waals surface area (Å²) in [5, 5.41) is 4.45. The van der Waals surface area contributed by atoms with E-state index in [9.17, 15) is 0 Å². The zero-order valence-corrected chi connectivity index (χ0v) is 15.6. The van der Waals surface area contributed by atoms with Crippen molar-refractivity contribution >= 4 is 16.7 Å². The summed E-state index contributed by atoms with van der Waals surface area (Å²) < 4.78 is 10.7. The SMILES string of the molecule is COc1ccc(CNc2nc(CN(C)C)nc3ccccc23)cc1OC. The Morgan fingerprint density at radius 2 is 1.73 bits per heavy atom. The lowest BCUT2D eigenvalue weighted by Gasteiger charge is -2.14. The summed E-state index contributed by atoms with van der Waals surface area (Å²) in [5.41, 5.74) is 2.02. The van der Waals surface area contributed by atoms with E-state index in [4.69, 9.17) is 14.5 Å². The fraction of sp³-hybridized carbons (Fsp3) is 0.300. The number of ether oxygens (including phenoxy) is 2. The number of hydrogen-bond donors (Lipinski definition) is 1. The van der Waals surface area contributed by atoms with Gasteiger partial charge in [0.05, 0.1) is 26.3 Å². The van der Waals surface area contributed by atoms with Gasteiger partial charge in [-0.3, -0.25) is 0 Å². The highest BCUT2D eigenvalue weighted by molar-refractivity contribution is 5.88. The maximum Gasteiger partial charge on any atom is 0.161 e. The van der Waals surface area contributed by atoms with Crippen molar-refractivity contribution in [2.24, 2.45) is 0 Å². The minimum atomic E-state index is 0.628. The third-order valence-corrected chi connectivity index (χ3v) is 4.02. The lowest BCUT2D eigenvalue weighted by molar-refractivity contribution is 0.354. The van der Waals surface area contributed by atoms with Gasteiger partial charge in [-0.25, -0.2) is 9.97 Å². The molecule has 0 amide bonds. The Bertz CT molecular complexity index is 896. The van der Waals surface area contributed by atoms with Crippen LogP contribution < -0.4 is 14.8 Å². The molecule has 0 radical (unpaired) electrons. The molecule has 0 atom stereocenters. The molecule has 1 aromatic heterocycles. The van der Waals surface area contributed by atoms with Gasteiger partial charge in [0.25, 0.3) is 0 Å². The molecule has 2 aromatic carbocycles. The van der Waals surface area contributed by atoms with Crippen LogP contribution in [0.3, 0.4) is 0 Å². The van der Waals surface area contributed by atoms with Crippen molar-refractivity contribution < 1.29 is 9.47 Å². The number of aromatic nitrogens is 2. The quantitative estimate of drug-likeness (QED) is 0.704. The van der Waals surface area contributed by atoms with E-state index in [1.54, 1.807) is 14.2 Å². The zero-order valence-electron chi connectivity index (χ0n) is 15.6. The predicted molar refractivity (Wildman–Crippen MR) is 104 cm³/mol. The molecule has 0 fully saturated rings. The van der Waals surface area contributed by atoms with Crippen LogP contribution in [0.5, 0.6) is 11.5 Å². The van der Waals surface area contributed by atoms with Crippen LogP contribution in [-0.2, 0) is 13.1 Å². The molecule has 0 bridgehead atoms. The van der Waals surface area contributed by atoms with Gasteiger partial charge in [-0.1, -0.05) is 18.2 Å². The Kier molecular flexibility index (Phi) is 5.53. The Balaban J connectivity index is 1.88. The Morgan fingerprint density at radius 1 is 0.962 bits per heavy atom. The first-order chi connectivity index (χ1) is 12.6. The summed E-state index contributed by atoms with van der Waals surface area (Å²) in [6, 6.07) is 13.9. The highest BCUT2D eigenvalue weighted by Crippen LogP contribution is 2.28. The van der Waals surface area contributed by atoms with Crippen molar-refractivity contribution in [1.82, 2.24) is 14.9 Å². The van der Waals surface area contributed by atoms with E-state index in [-0.39, 0.29) is 0 Å². The van der Waals surface area contributed by atoms with Crippen LogP contribution >= 0.6 is 0 Å². The van der Waals surface area contributed by atoms with E-state index in [0.29, 0.717) is 18.8 Å². The smallest absolute Gasteiger partial charge is 0.161 e. The molecular formula is C20H24N4O2. The van der Waals surface area contributed by atoms with Gasteiger partial charge in [-0.05, 0) is 43.9 Å².